The van der Waals surface area contributed by atoms with Crippen molar-refractivity contribution in [2.45, 2.75) is 6.04 Å². The van der Waals surface area contributed by atoms with Gasteiger partial charge in [0, 0.05) is 68.9 Å². The van der Waals surface area contributed by atoms with Crippen LogP contribution in [0.1, 0.15) is 0 Å². The van der Waals surface area contributed by atoms with Crippen LogP contribution in [-0.2, 0) is 9.47 Å². The minimum Gasteiger partial charge on any atom is -0.476 e. The average molecular weight is 453 g/mol. The van der Waals surface area contributed by atoms with E-state index in [1.807, 2.05) is 24.5 Å². The third-order valence-electron chi connectivity index (χ3n) is 6.25. The lowest BCUT2D eigenvalue weighted by atomic mass is 9.92. The third-order valence-corrected chi connectivity index (χ3v) is 6.25. The number of ether oxygens (including phenoxy) is 3. The third kappa shape index (κ3) is 5.73. The summed E-state index contributed by atoms with van der Waals surface area (Å²) in [6.45, 7) is 8.11. The number of pyridine rings is 1. The molecular formula is C24H32N6O3. The maximum atomic E-state index is 6.06. The second-order valence-electron chi connectivity index (χ2n) is 8.43. The fourth-order valence-electron chi connectivity index (χ4n) is 4.37. The summed E-state index contributed by atoms with van der Waals surface area (Å²) in [4.78, 5) is 13.9. The van der Waals surface area contributed by atoms with Gasteiger partial charge in [0.1, 0.15) is 6.61 Å². The lowest BCUT2D eigenvalue weighted by Gasteiger charge is -2.29. The molecule has 176 valence electrons. The topological polar surface area (TPSA) is 83.5 Å². The van der Waals surface area contributed by atoms with Gasteiger partial charge in [-0.2, -0.15) is 4.98 Å². The Labute approximate surface area is 194 Å². The van der Waals surface area contributed by atoms with Crippen LogP contribution < -0.4 is 20.5 Å². The molecule has 3 aliphatic heterocycles. The van der Waals surface area contributed by atoms with E-state index in [9.17, 15) is 0 Å². The molecule has 0 spiro atoms. The summed E-state index contributed by atoms with van der Waals surface area (Å²) in [5.41, 5.74) is 8.63. The number of nitrogens with one attached hydrogen (secondary N) is 2. The highest BCUT2D eigenvalue weighted by atomic mass is 16.5. The van der Waals surface area contributed by atoms with Crippen LogP contribution in [0.25, 0.3) is 0 Å². The molecule has 1 aliphatic carbocycles. The number of hydrazine groups is 1. The summed E-state index contributed by atoms with van der Waals surface area (Å²) in [5.74, 6) is 1.62. The number of aromatic nitrogens is 1. The van der Waals surface area contributed by atoms with Crippen LogP contribution in [0.4, 0.5) is 11.5 Å². The predicted molar refractivity (Wildman–Crippen MR) is 129 cm³/mol. The molecule has 9 nitrogen and oxygen atoms in total. The van der Waals surface area contributed by atoms with Gasteiger partial charge in [0.2, 0.25) is 5.88 Å². The van der Waals surface area contributed by atoms with E-state index in [1.54, 1.807) is 0 Å². The van der Waals surface area contributed by atoms with E-state index < -0.39 is 0 Å². The molecule has 2 saturated heterocycles. The van der Waals surface area contributed by atoms with E-state index in [0.29, 0.717) is 18.3 Å². The highest BCUT2D eigenvalue weighted by Crippen LogP contribution is 2.28. The zero-order valence-corrected chi connectivity index (χ0v) is 18.9. The van der Waals surface area contributed by atoms with Crippen molar-refractivity contribution in [1.82, 2.24) is 15.3 Å². The van der Waals surface area contributed by atoms with Gasteiger partial charge in [0.05, 0.1) is 32.5 Å². The van der Waals surface area contributed by atoms with Crippen molar-refractivity contribution < 1.29 is 14.2 Å². The van der Waals surface area contributed by atoms with Gasteiger partial charge in [-0.25, -0.2) is 0 Å². The predicted octanol–water partition coefficient (Wildman–Crippen LogP) is 1.62. The molecule has 0 bridgehead atoms. The summed E-state index contributed by atoms with van der Waals surface area (Å²) in [6, 6.07) is 4.26. The molecule has 1 aromatic heterocycles. The Morgan fingerprint density at radius 2 is 1.82 bits per heavy atom. The number of fused-ring (bicyclic) bond motifs is 1. The van der Waals surface area contributed by atoms with Gasteiger partial charge in [0.15, 0.2) is 5.82 Å². The molecule has 0 amide bonds. The average Bonchev–Trinajstić information content (AvgIpc) is 3.28. The number of nitrogens with zero attached hydrogens (tertiary/aromatic N) is 4. The van der Waals surface area contributed by atoms with Crippen molar-refractivity contribution in [2.75, 3.05) is 76.1 Å². The van der Waals surface area contributed by atoms with Crippen molar-refractivity contribution in [3.05, 3.63) is 48.2 Å². The summed E-state index contributed by atoms with van der Waals surface area (Å²) in [7, 11) is 0. The lowest BCUT2D eigenvalue weighted by Crippen LogP contribution is -2.38. The van der Waals surface area contributed by atoms with Crippen molar-refractivity contribution in [1.29, 1.82) is 0 Å². The molecule has 4 heterocycles. The lowest BCUT2D eigenvalue weighted by molar-refractivity contribution is 0.0320. The first-order valence-electron chi connectivity index (χ1n) is 11.7. The number of morpholine rings is 2. The molecule has 0 saturated carbocycles. The van der Waals surface area contributed by atoms with Gasteiger partial charge in [-0.3, -0.25) is 15.3 Å². The first kappa shape index (κ1) is 21.9. The van der Waals surface area contributed by atoms with Gasteiger partial charge in [-0.05, 0) is 5.57 Å². The van der Waals surface area contributed by atoms with Gasteiger partial charge >= 0.3 is 0 Å². The first-order valence-corrected chi connectivity index (χ1v) is 11.7. The van der Waals surface area contributed by atoms with E-state index in [4.69, 9.17) is 14.2 Å². The fraction of sp³-hybridized carbons (Fsp3) is 0.500. The minimum absolute atomic E-state index is 0.206. The molecular weight excluding hydrogens is 420 g/mol. The summed E-state index contributed by atoms with van der Waals surface area (Å²) in [5, 5.41) is 0. The van der Waals surface area contributed by atoms with Crippen molar-refractivity contribution >= 4 is 17.7 Å². The molecule has 33 heavy (non-hydrogen) atoms. The van der Waals surface area contributed by atoms with Crippen LogP contribution in [0.2, 0.25) is 0 Å². The standard InChI is InChI=1S/C24H32N6O3/c1-2-4-22-21(3-1)19(17-25-22)18-26-28-23-15-20(30-8-12-32-13-9-30)16-24(27-23)33-14-7-29-5-10-31-11-6-29/h1-4,15-18,21-22,26H,5-14H2,(H,27,28). The Balaban J connectivity index is 1.23. The minimum atomic E-state index is 0.206. The maximum absolute atomic E-state index is 6.06. The normalized spacial score (nSPS) is 25.9. The Morgan fingerprint density at radius 3 is 2.67 bits per heavy atom. The zero-order valence-electron chi connectivity index (χ0n) is 18.9. The zero-order chi connectivity index (χ0) is 22.3. The Morgan fingerprint density at radius 1 is 1.03 bits per heavy atom. The number of aliphatic imine (C=N–C) groups is 1. The van der Waals surface area contributed by atoms with E-state index >= 15 is 0 Å². The quantitative estimate of drug-likeness (QED) is 0.576. The van der Waals surface area contributed by atoms with Crippen LogP contribution in [-0.4, -0.2) is 87.9 Å². The second-order valence-corrected chi connectivity index (χ2v) is 8.43. The smallest absolute Gasteiger partial charge is 0.217 e. The van der Waals surface area contributed by atoms with Crippen molar-refractivity contribution in [2.24, 2.45) is 10.9 Å². The molecule has 0 radical (unpaired) electrons. The highest BCUT2D eigenvalue weighted by Gasteiger charge is 2.25. The van der Waals surface area contributed by atoms with E-state index in [-0.39, 0.29) is 12.0 Å². The van der Waals surface area contributed by atoms with Gasteiger partial charge < -0.3 is 24.5 Å². The SMILES string of the molecule is C1=CC2N=CC(=CNNc3cc(N4CCOCC4)cc(OCCN4CCOCC4)n3)C2C=C1. The van der Waals surface area contributed by atoms with Crippen LogP contribution >= 0.6 is 0 Å². The van der Waals surface area contributed by atoms with Gasteiger partial charge in [-0.1, -0.05) is 24.3 Å². The van der Waals surface area contributed by atoms with Crippen LogP contribution in [0.5, 0.6) is 5.88 Å². The van der Waals surface area contributed by atoms with Crippen molar-refractivity contribution in [3.63, 3.8) is 0 Å². The molecule has 2 N–H and O–H groups in total. The second kappa shape index (κ2) is 10.8. The molecule has 9 heteroatoms. The summed E-state index contributed by atoms with van der Waals surface area (Å²) in [6.07, 6.45) is 12.3. The molecule has 0 aromatic carbocycles. The molecule has 4 aliphatic rings. The van der Waals surface area contributed by atoms with E-state index in [1.165, 1.54) is 0 Å². The number of hydrogen-bond acceptors (Lipinski definition) is 9. The molecule has 2 fully saturated rings. The van der Waals surface area contributed by atoms with E-state index in [2.05, 4.69) is 54.9 Å². The van der Waals surface area contributed by atoms with Crippen LogP contribution in [0.3, 0.4) is 0 Å². The summed E-state index contributed by atoms with van der Waals surface area (Å²) >= 11 is 0. The Hall–Kier alpha value is -2.88. The van der Waals surface area contributed by atoms with Gasteiger partial charge in [-0.15, -0.1) is 0 Å². The molecule has 2 unspecified atom stereocenters. The molecule has 5 rings (SSSR count). The monoisotopic (exact) mass is 452 g/mol. The number of hydrogen-bond donors (Lipinski definition) is 2. The fourth-order valence-corrected chi connectivity index (χ4v) is 4.37. The number of allylic oxidation sites excluding steroid dienone is 2. The van der Waals surface area contributed by atoms with Crippen molar-refractivity contribution in [3.8, 4) is 5.88 Å². The summed E-state index contributed by atoms with van der Waals surface area (Å²) < 4.78 is 17.0. The van der Waals surface area contributed by atoms with Gasteiger partial charge in [0.25, 0.3) is 0 Å². The highest BCUT2D eigenvalue weighted by molar-refractivity contribution is 5.83. The number of rotatable bonds is 8. The molecule has 2 atom stereocenters. The Bertz CT molecular complexity index is 919. The van der Waals surface area contributed by atoms with Crippen LogP contribution in [0.15, 0.2) is 53.2 Å². The van der Waals surface area contributed by atoms with Crippen LogP contribution in [0, 0.1) is 5.92 Å². The van der Waals surface area contributed by atoms with E-state index in [0.717, 1.165) is 70.4 Å². The molecule has 1 aromatic rings. The number of anilines is 2. The maximum Gasteiger partial charge on any atom is 0.217 e. The Kier molecular flexibility index (Phi) is 7.20. The largest absolute Gasteiger partial charge is 0.476 e. The first-order chi connectivity index (χ1) is 16.3.